The average Bonchev–Trinajstić information content (AvgIpc) is 2.52. The minimum Gasteiger partial charge on any atom is -0.504 e. The Labute approximate surface area is 130 Å². The van der Waals surface area contributed by atoms with Gasteiger partial charge in [-0.1, -0.05) is 12.1 Å². The molecule has 2 aromatic rings. The molecule has 0 saturated carbocycles. The maximum Gasteiger partial charge on any atom is 0.283 e. The predicted molar refractivity (Wildman–Crippen MR) is 83.3 cm³/mol. The van der Waals surface area contributed by atoms with Gasteiger partial charge in [-0.05, 0) is 29.8 Å². The van der Waals surface area contributed by atoms with Gasteiger partial charge >= 0.3 is 0 Å². The van der Waals surface area contributed by atoms with Crippen LogP contribution in [0, 0.1) is 20.2 Å². The van der Waals surface area contributed by atoms with Gasteiger partial charge in [0.1, 0.15) is 0 Å². The number of hydrogen-bond donors (Lipinski definition) is 1. The van der Waals surface area contributed by atoms with Gasteiger partial charge in [0.2, 0.25) is 0 Å². The van der Waals surface area contributed by atoms with Gasteiger partial charge in [0.05, 0.1) is 28.6 Å². The Bertz CT molecular complexity index is 801. The molecule has 0 aliphatic heterocycles. The lowest BCUT2D eigenvalue weighted by Crippen LogP contribution is -1.94. The largest absolute Gasteiger partial charge is 0.504 e. The second-order valence-electron chi connectivity index (χ2n) is 4.52. The summed E-state index contributed by atoms with van der Waals surface area (Å²) < 4.78 is 4.92. The minimum atomic E-state index is -0.692. The van der Waals surface area contributed by atoms with Crippen molar-refractivity contribution in [3.05, 3.63) is 67.8 Å². The zero-order valence-electron chi connectivity index (χ0n) is 12.0. The van der Waals surface area contributed by atoms with Crippen LogP contribution in [0.15, 0.2) is 36.4 Å². The lowest BCUT2D eigenvalue weighted by Gasteiger charge is -2.03. The number of nitro groups is 2. The Balaban J connectivity index is 2.37. The topological polar surface area (TPSA) is 116 Å². The monoisotopic (exact) mass is 316 g/mol. The van der Waals surface area contributed by atoms with Crippen LogP contribution in [0.4, 0.5) is 11.4 Å². The molecule has 0 aliphatic carbocycles. The van der Waals surface area contributed by atoms with Gasteiger partial charge in [0.15, 0.2) is 11.5 Å². The number of benzene rings is 2. The van der Waals surface area contributed by atoms with Crippen molar-refractivity contribution in [2.75, 3.05) is 7.11 Å². The van der Waals surface area contributed by atoms with Crippen LogP contribution in [0.3, 0.4) is 0 Å². The first kappa shape index (κ1) is 16.0. The van der Waals surface area contributed by atoms with Crippen LogP contribution >= 0.6 is 0 Å². The first-order valence-corrected chi connectivity index (χ1v) is 6.40. The van der Waals surface area contributed by atoms with Crippen molar-refractivity contribution in [2.45, 2.75) is 0 Å². The molecule has 1 N–H and O–H groups in total. The van der Waals surface area contributed by atoms with E-state index in [9.17, 15) is 25.3 Å². The summed E-state index contributed by atoms with van der Waals surface area (Å²) in [7, 11) is 1.42. The van der Waals surface area contributed by atoms with Crippen LogP contribution in [-0.4, -0.2) is 22.1 Å². The van der Waals surface area contributed by atoms with Crippen LogP contribution in [0.25, 0.3) is 12.2 Å². The molecule has 2 aromatic carbocycles. The second-order valence-corrected chi connectivity index (χ2v) is 4.52. The molecule has 0 atom stereocenters. The number of non-ortho nitro benzene ring substituents is 1. The Hall–Kier alpha value is -3.42. The SMILES string of the molecule is COc1ccc(/C=C/c2ccc([N+](=O)[O-])cc2[N+](=O)[O-])cc1O. The fourth-order valence-electron chi connectivity index (χ4n) is 1.94. The van der Waals surface area contributed by atoms with E-state index in [1.54, 1.807) is 18.2 Å². The molecule has 0 radical (unpaired) electrons. The first-order valence-electron chi connectivity index (χ1n) is 6.40. The van der Waals surface area contributed by atoms with E-state index in [0.29, 0.717) is 11.3 Å². The summed E-state index contributed by atoms with van der Waals surface area (Å²) in [6.45, 7) is 0. The van der Waals surface area contributed by atoms with Crippen molar-refractivity contribution in [2.24, 2.45) is 0 Å². The molecule has 0 heterocycles. The molecule has 2 rings (SSSR count). The highest BCUT2D eigenvalue weighted by molar-refractivity contribution is 5.75. The van der Waals surface area contributed by atoms with Crippen molar-refractivity contribution in [1.29, 1.82) is 0 Å². The maximum absolute atomic E-state index is 11.0. The number of phenols is 1. The summed E-state index contributed by atoms with van der Waals surface area (Å²) in [5.74, 6) is 0.247. The maximum atomic E-state index is 11.0. The van der Waals surface area contributed by atoms with Crippen molar-refractivity contribution < 1.29 is 19.7 Å². The zero-order chi connectivity index (χ0) is 17.0. The van der Waals surface area contributed by atoms with Crippen LogP contribution < -0.4 is 4.74 Å². The van der Waals surface area contributed by atoms with Crippen molar-refractivity contribution >= 4 is 23.5 Å². The molecule has 8 heteroatoms. The van der Waals surface area contributed by atoms with Gasteiger partial charge < -0.3 is 9.84 Å². The molecule has 0 amide bonds. The van der Waals surface area contributed by atoms with Gasteiger partial charge in [-0.3, -0.25) is 20.2 Å². The van der Waals surface area contributed by atoms with Crippen molar-refractivity contribution in [3.8, 4) is 11.5 Å². The Kier molecular flexibility index (Phi) is 4.55. The third kappa shape index (κ3) is 3.62. The molecule has 0 unspecified atom stereocenters. The van der Waals surface area contributed by atoms with Gasteiger partial charge in [0, 0.05) is 6.07 Å². The van der Waals surface area contributed by atoms with Crippen LogP contribution in [0.1, 0.15) is 11.1 Å². The molecule has 0 fully saturated rings. The van der Waals surface area contributed by atoms with Crippen LogP contribution in [0.2, 0.25) is 0 Å². The molecular formula is C15H12N2O6. The predicted octanol–water partition coefficient (Wildman–Crippen LogP) is 3.39. The molecule has 0 spiro atoms. The number of ether oxygens (including phenoxy) is 1. The molecule has 0 aliphatic rings. The lowest BCUT2D eigenvalue weighted by molar-refractivity contribution is -0.394. The lowest BCUT2D eigenvalue weighted by atomic mass is 10.1. The molecule has 23 heavy (non-hydrogen) atoms. The van der Waals surface area contributed by atoms with Gasteiger partial charge in [-0.15, -0.1) is 0 Å². The van der Waals surface area contributed by atoms with Gasteiger partial charge in [0.25, 0.3) is 11.4 Å². The van der Waals surface area contributed by atoms with Crippen molar-refractivity contribution in [1.82, 2.24) is 0 Å². The zero-order valence-corrected chi connectivity index (χ0v) is 12.0. The smallest absolute Gasteiger partial charge is 0.283 e. The summed E-state index contributed by atoms with van der Waals surface area (Å²) in [6.07, 6.45) is 3.00. The standard InChI is InChI=1S/C15H12N2O6/c1-23-15-7-3-10(8-14(15)18)2-4-11-5-6-12(16(19)20)9-13(11)17(21)22/h2-9,18H,1H3/b4-2+. The van der Waals surface area contributed by atoms with E-state index in [1.165, 1.54) is 31.4 Å². The number of aromatic hydroxyl groups is 1. The first-order chi connectivity index (χ1) is 10.9. The highest BCUT2D eigenvalue weighted by atomic mass is 16.6. The second kappa shape index (κ2) is 6.56. The fraction of sp³-hybridized carbons (Fsp3) is 0.0667. The summed E-state index contributed by atoms with van der Waals surface area (Å²) in [5, 5.41) is 31.4. The van der Waals surface area contributed by atoms with Gasteiger partial charge in [-0.25, -0.2) is 0 Å². The number of methoxy groups -OCH3 is 1. The number of hydrogen-bond acceptors (Lipinski definition) is 6. The molecule has 0 saturated heterocycles. The Morgan fingerprint density at radius 1 is 1.04 bits per heavy atom. The normalized spacial score (nSPS) is 10.7. The van der Waals surface area contributed by atoms with Crippen molar-refractivity contribution in [3.63, 3.8) is 0 Å². The summed E-state index contributed by atoms with van der Waals surface area (Å²) >= 11 is 0. The van der Waals surface area contributed by atoms with E-state index in [4.69, 9.17) is 4.74 Å². The number of nitro benzene ring substituents is 2. The van der Waals surface area contributed by atoms with Gasteiger partial charge in [-0.2, -0.15) is 0 Å². The Morgan fingerprint density at radius 3 is 2.35 bits per heavy atom. The number of phenolic OH excluding ortho intramolecular Hbond substituents is 1. The molecular weight excluding hydrogens is 304 g/mol. The Morgan fingerprint density at radius 2 is 1.78 bits per heavy atom. The van der Waals surface area contributed by atoms with E-state index in [0.717, 1.165) is 6.07 Å². The van der Waals surface area contributed by atoms with E-state index in [-0.39, 0.29) is 22.7 Å². The van der Waals surface area contributed by atoms with E-state index in [1.807, 2.05) is 0 Å². The quantitative estimate of drug-likeness (QED) is 0.513. The summed E-state index contributed by atoms with van der Waals surface area (Å²) in [5.41, 5.74) is 0.0935. The molecule has 118 valence electrons. The highest BCUT2D eigenvalue weighted by Gasteiger charge is 2.17. The average molecular weight is 316 g/mol. The minimum absolute atomic E-state index is 0.0622. The molecule has 0 bridgehead atoms. The molecule has 0 aromatic heterocycles. The van der Waals surface area contributed by atoms with Crippen LogP contribution in [-0.2, 0) is 0 Å². The van der Waals surface area contributed by atoms with E-state index < -0.39 is 9.85 Å². The summed E-state index contributed by atoms with van der Waals surface area (Å²) in [4.78, 5) is 20.4. The molecule has 8 nitrogen and oxygen atoms in total. The van der Waals surface area contributed by atoms with E-state index in [2.05, 4.69) is 0 Å². The number of nitrogens with zero attached hydrogens (tertiary/aromatic N) is 2. The third-order valence-corrected chi connectivity index (χ3v) is 3.08. The van der Waals surface area contributed by atoms with Crippen LogP contribution in [0.5, 0.6) is 11.5 Å². The number of rotatable bonds is 5. The third-order valence-electron chi connectivity index (χ3n) is 3.08. The highest BCUT2D eigenvalue weighted by Crippen LogP contribution is 2.29. The summed E-state index contributed by atoms with van der Waals surface area (Å²) in [6, 6.07) is 8.05. The van der Waals surface area contributed by atoms with E-state index >= 15 is 0 Å². The fourth-order valence-corrected chi connectivity index (χ4v) is 1.94.